The van der Waals surface area contributed by atoms with Gasteiger partial charge in [-0.2, -0.15) is 0 Å². The highest BCUT2D eigenvalue weighted by atomic mass is 32.2. The number of rotatable bonds is 36. The van der Waals surface area contributed by atoms with Crippen LogP contribution in [0.4, 0.5) is 29.1 Å². The zero-order chi connectivity index (χ0) is 94.2. The molecule has 4 saturated heterocycles. The summed E-state index contributed by atoms with van der Waals surface area (Å²) in [6.07, 6.45) is 11.6. The average Bonchev–Trinajstić information content (AvgIpc) is 1.68. The lowest BCUT2D eigenvalue weighted by Crippen LogP contribution is -2.39. The van der Waals surface area contributed by atoms with Crippen LogP contribution in [0.3, 0.4) is 0 Å². The van der Waals surface area contributed by atoms with Crippen molar-refractivity contribution in [2.45, 2.75) is 176 Å². The molecule has 710 valence electrons. The second-order valence-electron chi connectivity index (χ2n) is 32.9. The van der Waals surface area contributed by atoms with Crippen molar-refractivity contribution in [3.8, 4) is 88.3 Å². The highest BCUT2D eigenvalue weighted by molar-refractivity contribution is 8.00. The Morgan fingerprint density at radius 2 is 0.496 bits per heavy atom. The number of hydrogen-bond donors (Lipinski definition) is 5. The SMILES string of the molecule is COc1ccc(-c2nc([C@@H](C)Sc3nc(C)cc(N)n3)c(C)s2)cc1OCCN1CCC1.COc1ccc(-c2nc([C@@H](C)Sc3nc(C)cc(N)n3)c(C)s2)cc1OCCN1CCCC1.COc1ccc(-c2nc([C@@H](C)Sc3nc(C)cc(N)n3)c(C)s2)cc1OCCN1CCCCC1.COc1ccc(-c2nc([C@@H](C)Sc3nc(N)cc(N)n3)c(C)s2)cc1OCCN1CCCCC1. The lowest BCUT2D eigenvalue weighted by Gasteiger charge is -2.30. The molecular formula is C96H125N21O8S8. The topological polar surface area (TPSA) is 372 Å². The molecule has 0 unspecified atom stereocenters. The fraction of sp³-hybridized carbons (Fsp3) is 0.458. The molecule has 0 saturated carbocycles. The molecule has 0 aliphatic carbocycles. The van der Waals surface area contributed by atoms with E-state index in [-0.39, 0.29) is 21.0 Å². The Bertz CT molecular complexity index is 5550. The summed E-state index contributed by atoms with van der Waals surface area (Å²) in [7, 11) is 6.69. The number of anilines is 5. The Balaban J connectivity index is 0.000000151. The van der Waals surface area contributed by atoms with Gasteiger partial charge in [-0.05, 0) is 246 Å². The fourth-order valence-corrected chi connectivity index (χ4v) is 24.0. The van der Waals surface area contributed by atoms with Gasteiger partial charge in [0.1, 0.15) is 75.5 Å². The minimum atomic E-state index is 0.0460. The first-order valence-corrected chi connectivity index (χ1v) is 51.9. The van der Waals surface area contributed by atoms with E-state index >= 15 is 0 Å². The van der Waals surface area contributed by atoms with E-state index in [1.54, 1.807) is 133 Å². The van der Waals surface area contributed by atoms with Gasteiger partial charge < -0.3 is 66.6 Å². The normalized spacial score (nSPS) is 15.1. The minimum absolute atomic E-state index is 0.0460. The summed E-state index contributed by atoms with van der Waals surface area (Å²) in [6, 6.07) is 31.0. The molecule has 4 aliphatic rings. The third kappa shape index (κ3) is 29.0. The van der Waals surface area contributed by atoms with E-state index in [0.717, 1.165) is 212 Å². The number of nitrogens with two attached hydrogens (primary N) is 5. The van der Waals surface area contributed by atoms with Crippen LogP contribution >= 0.6 is 92.4 Å². The van der Waals surface area contributed by atoms with Gasteiger partial charge in [-0.1, -0.05) is 59.9 Å². The van der Waals surface area contributed by atoms with Crippen LogP contribution in [-0.2, 0) is 0 Å². The van der Waals surface area contributed by atoms with Crippen molar-refractivity contribution < 1.29 is 37.9 Å². The molecule has 16 rings (SSSR count). The number of nitrogen functional groups attached to an aromatic ring is 5. The van der Waals surface area contributed by atoms with E-state index in [1.165, 1.54) is 84.2 Å². The number of benzene rings is 4. The largest absolute Gasteiger partial charge is 0.493 e. The van der Waals surface area contributed by atoms with Crippen molar-refractivity contribution in [3.05, 3.63) is 156 Å². The lowest BCUT2D eigenvalue weighted by molar-refractivity contribution is 0.145. The molecule has 37 heteroatoms. The van der Waals surface area contributed by atoms with Crippen LogP contribution in [0.1, 0.15) is 166 Å². The van der Waals surface area contributed by atoms with E-state index in [0.29, 0.717) is 76.1 Å². The highest BCUT2D eigenvalue weighted by Gasteiger charge is 2.27. The molecule has 0 radical (unpaired) electrons. The van der Waals surface area contributed by atoms with Gasteiger partial charge in [0.2, 0.25) is 0 Å². The standard InChI is InChI=1S/C25H33N5O2S2.C24H32N6O2S2.C24H31N5O2S2.C23H29N5O2S2/c1-16-14-22(26)28-25(27-16)34-18(3)23-17(2)33-24(29-23)19-8-9-20(31-4)21(15-19)32-13-12-30-10-6-5-7-11-30;1-15-22(16(2)34-24-27-20(25)14-21(26)28-24)29-23(33-15)17-7-8-18(31-3)19(13-17)32-12-11-30-9-5-4-6-10-30;1-15-13-21(25)27-24(26-15)33-17(3)22-16(2)32-23(28-22)18-7-8-19(30-4)20(14-18)31-12-11-29-9-5-6-10-29;1-14-12-20(24)26-23(25-14)32-16(3)21-15(2)31-22(27-21)17-6-7-18(29-4)19(13-17)30-11-10-28-8-5-9-28/h8-9,14-15,18H,5-7,10-13H2,1-4H3,(H2,26,27,28);7-8,13-14,16H,4-6,9-12H2,1-3H3,(H4,25,26,27,28);7-8,13-14,17H,5-6,9-12H2,1-4H3,(H2,25,26,27);6-7,12-13,16H,5,8-11H2,1-4H3,(H2,24,25,26)/t18-;16-;17-;16-/m1111/s1. The molecular weight excluding hydrogens is 1830 g/mol. The molecule has 133 heavy (non-hydrogen) atoms. The molecule has 4 atom stereocenters. The summed E-state index contributed by atoms with van der Waals surface area (Å²) in [5.41, 5.74) is 40.1. The van der Waals surface area contributed by atoms with Crippen LogP contribution in [0.2, 0.25) is 0 Å². The molecule has 8 aromatic heterocycles. The number of ether oxygens (including phenoxy) is 8. The number of nitrogens with zero attached hydrogens (tertiary/aromatic N) is 16. The van der Waals surface area contributed by atoms with Gasteiger partial charge in [-0.3, -0.25) is 19.6 Å². The van der Waals surface area contributed by atoms with Crippen molar-refractivity contribution >= 4 is 121 Å². The number of aryl methyl sites for hydroxylation is 7. The summed E-state index contributed by atoms with van der Waals surface area (Å²) in [6.45, 7) is 38.3. The number of thiazole rings is 4. The molecule has 4 aliphatic heterocycles. The second-order valence-corrected chi connectivity index (χ2v) is 43.0. The summed E-state index contributed by atoms with van der Waals surface area (Å²) in [4.78, 5) is 69.4. The first-order chi connectivity index (χ1) is 64.2. The first kappa shape index (κ1) is 101. The van der Waals surface area contributed by atoms with Crippen LogP contribution in [-0.4, -0.2) is 213 Å². The Morgan fingerprint density at radius 3 is 0.714 bits per heavy atom. The van der Waals surface area contributed by atoms with E-state index < -0.39 is 0 Å². The van der Waals surface area contributed by atoms with E-state index in [9.17, 15) is 0 Å². The minimum Gasteiger partial charge on any atom is -0.493 e. The molecule has 10 N–H and O–H groups in total. The van der Waals surface area contributed by atoms with Crippen molar-refractivity contribution in [3.63, 3.8) is 0 Å². The monoisotopic (exact) mass is 1960 g/mol. The van der Waals surface area contributed by atoms with E-state index in [2.05, 4.69) is 115 Å². The van der Waals surface area contributed by atoms with Crippen LogP contribution in [0.25, 0.3) is 42.3 Å². The highest BCUT2D eigenvalue weighted by Crippen LogP contribution is 2.47. The number of piperidine rings is 2. The molecule has 29 nitrogen and oxygen atoms in total. The maximum atomic E-state index is 6.16. The van der Waals surface area contributed by atoms with Crippen LogP contribution < -0.4 is 66.6 Å². The van der Waals surface area contributed by atoms with Gasteiger partial charge in [0.05, 0.1) is 72.2 Å². The molecule has 0 bridgehead atoms. The second kappa shape index (κ2) is 49.2. The summed E-state index contributed by atoms with van der Waals surface area (Å²) >= 11 is 12.9. The van der Waals surface area contributed by atoms with Crippen LogP contribution in [0.15, 0.2) is 118 Å². The summed E-state index contributed by atoms with van der Waals surface area (Å²) < 4.78 is 46.6. The number of thioether (sulfide) groups is 4. The van der Waals surface area contributed by atoms with Crippen molar-refractivity contribution in [2.24, 2.45) is 0 Å². The van der Waals surface area contributed by atoms with Crippen molar-refractivity contribution in [1.29, 1.82) is 0 Å². The predicted molar refractivity (Wildman–Crippen MR) is 546 cm³/mol. The number of aromatic nitrogens is 12. The van der Waals surface area contributed by atoms with Crippen LogP contribution in [0, 0.1) is 48.5 Å². The number of methoxy groups -OCH3 is 4. The molecule has 12 heterocycles. The average molecular weight is 1960 g/mol. The molecule has 12 aromatic rings. The maximum absolute atomic E-state index is 6.16. The third-order valence-corrected chi connectivity index (χ3v) is 30.7. The zero-order valence-corrected chi connectivity index (χ0v) is 85.3. The van der Waals surface area contributed by atoms with Gasteiger partial charge in [0.25, 0.3) is 0 Å². The predicted octanol–water partition coefficient (Wildman–Crippen LogP) is 20.2. The Morgan fingerprint density at radius 1 is 0.278 bits per heavy atom. The Kier molecular flexibility index (Phi) is 37.3. The van der Waals surface area contributed by atoms with Gasteiger partial charge in [-0.15, -0.1) is 45.3 Å². The quantitative estimate of drug-likeness (QED) is 0.0180. The van der Waals surface area contributed by atoms with Crippen molar-refractivity contribution in [1.82, 2.24) is 79.4 Å². The lowest BCUT2D eigenvalue weighted by atomic mass is 10.1. The fourth-order valence-electron chi connectivity index (χ4n) is 15.7. The molecule has 4 fully saturated rings. The Hall–Kier alpha value is -9.64. The first-order valence-electron chi connectivity index (χ1n) is 45.1. The van der Waals surface area contributed by atoms with Gasteiger partial charge in [0, 0.05) is 109 Å². The maximum Gasteiger partial charge on any atom is 0.192 e. The van der Waals surface area contributed by atoms with E-state index in [1.807, 2.05) is 93.6 Å². The van der Waals surface area contributed by atoms with Crippen LogP contribution in [0.5, 0.6) is 46.0 Å². The molecule has 0 spiro atoms. The van der Waals surface area contributed by atoms with Crippen molar-refractivity contribution in [2.75, 3.05) is 162 Å². The van der Waals surface area contributed by atoms with Gasteiger partial charge >= 0.3 is 0 Å². The van der Waals surface area contributed by atoms with E-state index in [4.69, 9.17) is 86.5 Å². The third-order valence-electron chi connectivity index (χ3n) is 22.7. The zero-order valence-electron chi connectivity index (χ0n) is 78.8. The summed E-state index contributed by atoms with van der Waals surface area (Å²) in [5, 5.41) is 6.76. The number of hydrogen-bond acceptors (Lipinski definition) is 37. The molecule has 4 aromatic carbocycles. The summed E-state index contributed by atoms with van der Waals surface area (Å²) in [5.74, 6) is 8.18. The van der Waals surface area contributed by atoms with Gasteiger partial charge in [-0.25, -0.2) is 59.8 Å². The number of likely N-dealkylation sites (tertiary alicyclic amines) is 4. The Labute approximate surface area is 814 Å². The van der Waals surface area contributed by atoms with Gasteiger partial charge in [0.15, 0.2) is 66.6 Å². The molecule has 0 amide bonds. The smallest absolute Gasteiger partial charge is 0.192 e.